The van der Waals surface area contributed by atoms with Crippen LogP contribution in [0.3, 0.4) is 0 Å². The van der Waals surface area contributed by atoms with E-state index >= 15 is 0 Å². The zero-order valence-corrected chi connectivity index (χ0v) is 52.6. The van der Waals surface area contributed by atoms with E-state index in [0.717, 1.165) is 11.4 Å². The predicted molar refractivity (Wildman–Crippen MR) is 381 cm³/mol. The van der Waals surface area contributed by atoms with Crippen LogP contribution in [0.4, 0.5) is 34.1 Å². The fourth-order valence-electron chi connectivity index (χ4n) is 16.7. The molecule has 0 saturated carbocycles. The summed E-state index contributed by atoms with van der Waals surface area (Å²) in [6.07, 6.45) is 0. The minimum atomic E-state index is -0.519. The van der Waals surface area contributed by atoms with E-state index in [9.17, 15) is 0 Å². The van der Waals surface area contributed by atoms with Gasteiger partial charge in [0.2, 0.25) is 0 Å². The van der Waals surface area contributed by atoms with E-state index < -0.39 is 10.8 Å². The van der Waals surface area contributed by atoms with Gasteiger partial charge in [-0.2, -0.15) is 0 Å². The van der Waals surface area contributed by atoms with Gasteiger partial charge in [-0.25, -0.2) is 0 Å². The van der Waals surface area contributed by atoms with Crippen LogP contribution in [-0.2, 0) is 10.8 Å². The molecule has 0 fully saturated rings. The van der Waals surface area contributed by atoms with Gasteiger partial charge >= 0.3 is 0 Å². The Morgan fingerprint density at radius 3 is 0.833 bits per heavy atom. The highest BCUT2D eigenvalue weighted by Gasteiger charge is 2.48. The highest BCUT2D eigenvalue weighted by Crippen LogP contribution is 2.60. The Hall–Kier alpha value is -10.3. The molecule has 0 saturated heterocycles. The molecule has 0 amide bonds. The molecule has 14 aromatic carbocycles. The quantitative estimate of drug-likeness (QED) is 0.113. The molecule has 434 valence electrons. The Morgan fingerprint density at radius 2 is 0.533 bits per heavy atom. The zero-order valence-electron chi connectivity index (χ0n) is 52.6. The summed E-state index contributed by atoms with van der Waals surface area (Å²) in [5, 5.41) is 7.70. The van der Waals surface area contributed by atoms with Crippen molar-refractivity contribution in [2.75, 3.05) is 9.80 Å². The number of benzene rings is 14. The number of rotatable bonds is 12. The molecule has 0 radical (unpaired) electrons. The molecule has 14 aromatic rings. The van der Waals surface area contributed by atoms with Crippen molar-refractivity contribution in [3.05, 3.63) is 357 Å². The minimum Gasteiger partial charge on any atom is -0.309 e. The van der Waals surface area contributed by atoms with Crippen LogP contribution in [0.5, 0.6) is 0 Å². The van der Waals surface area contributed by atoms with Crippen molar-refractivity contribution in [3.63, 3.8) is 0 Å². The van der Waals surface area contributed by atoms with Crippen molar-refractivity contribution in [2.45, 2.75) is 78.1 Å². The summed E-state index contributed by atoms with van der Waals surface area (Å²) in [4.78, 5) is 5.19. The van der Waals surface area contributed by atoms with E-state index in [0.29, 0.717) is 0 Å². The molecule has 2 heteroatoms. The number of hydrogen-bond donors (Lipinski definition) is 0. The highest BCUT2D eigenvalue weighted by molar-refractivity contribution is 6.29. The van der Waals surface area contributed by atoms with Crippen molar-refractivity contribution in [2.24, 2.45) is 0 Å². The molecule has 0 atom stereocenters. The SMILES string of the molecule is Cc1cc(C2(c3ccccc3)c3ccccc3-c3ccccc32)cc(C)c1N(c1ccccc1)c1cc(C(C)C)c2ccc3c(N(c4ccccc4)c4c(C)cc(C5(c6ccccc6)c6ccccc6-c6ccccc65)cc4C)cc(C(C)C)c4ccc1c2c43. The van der Waals surface area contributed by atoms with Crippen molar-refractivity contribution in [1.29, 1.82) is 0 Å². The van der Waals surface area contributed by atoms with E-state index in [2.05, 4.69) is 344 Å². The second-order valence-electron chi connectivity index (χ2n) is 26.0. The molecule has 0 aliphatic heterocycles. The number of hydrogen-bond acceptors (Lipinski definition) is 2. The first-order valence-corrected chi connectivity index (χ1v) is 32.2. The van der Waals surface area contributed by atoms with Crippen LogP contribution < -0.4 is 9.80 Å². The number of anilines is 6. The Bertz CT molecular complexity index is 4650. The van der Waals surface area contributed by atoms with Gasteiger partial charge in [0.1, 0.15) is 0 Å². The van der Waals surface area contributed by atoms with E-state index in [4.69, 9.17) is 0 Å². The molecule has 0 N–H and O–H groups in total. The monoisotopic (exact) mass is 1160 g/mol. The summed E-state index contributed by atoms with van der Waals surface area (Å²) < 4.78 is 0. The van der Waals surface area contributed by atoms with Gasteiger partial charge in [0.15, 0.2) is 0 Å². The Kier molecular flexibility index (Phi) is 13.0. The number of nitrogens with zero attached hydrogens (tertiary/aromatic N) is 2. The normalized spacial score (nSPS) is 13.5. The van der Waals surface area contributed by atoms with Gasteiger partial charge < -0.3 is 9.80 Å². The molecular formula is C88H72N2. The Morgan fingerprint density at radius 1 is 0.267 bits per heavy atom. The molecule has 0 aromatic heterocycles. The molecule has 2 aliphatic carbocycles. The zero-order chi connectivity index (χ0) is 61.2. The Labute approximate surface area is 530 Å². The van der Waals surface area contributed by atoms with Crippen molar-refractivity contribution < 1.29 is 0 Å². The fraction of sp³-hybridized carbons (Fsp3) is 0.136. The minimum absolute atomic E-state index is 0.232. The molecule has 90 heavy (non-hydrogen) atoms. The van der Waals surface area contributed by atoms with E-state index in [1.807, 2.05) is 0 Å². The van der Waals surface area contributed by atoms with Gasteiger partial charge in [-0.1, -0.05) is 270 Å². The fourth-order valence-corrected chi connectivity index (χ4v) is 16.7. The lowest BCUT2D eigenvalue weighted by atomic mass is 9.67. The number of fused-ring (bicyclic) bond motifs is 6. The third-order valence-electron chi connectivity index (χ3n) is 20.3. The second kappa shape index (κ2) is 21.2. The first-order valence-electron chi connectivity index (χ1n) is 32.2. The third-order valence-corrected chi connectivity index (χ3v) is 20.3. The maximum atomic E-state index is 2.59. The van der Waals surface area contributed by atoms with Gasteiger partial charge in [0.25, 0.3) is 0 Å². The predicted octanol–water partition coefficient (Wildman–Crippen LogP) is 23.7. The average molecular weight is 1160 g/mol. The van der Waals surface area contributed by atoms with Crippen LogP contribution in [0.2, 0.25) is 0 Å². The van der Waals surface area contributed by atoms with Crippen LogP contribution >= 0.6 is 0 Å². The van der Waals surface area contributed by atoms with Gasteiger partial charge in [0, 0.05) is 22.1 Å². The summed E-state index contributed by atoms with van der Waals surface area (Å²) in [6.45, 7) is 18.9. The molecular weight excluding hydrogens is 1080 g/mol. The van der Waals surface area contributed by atoms with Crippen molar-refractivity contribution in [3.8, 4) is 22.3 Å². The smallest absolute Gasteiger partial charge is 0.0713 e. The molecule has 0 heterocycles. The lowest BCUT2D eigenvalue weighted by molar-refractivity contribution is 0.766. The molecule has 16 rings (SSSR count). The summed E-state index contributed by atoms with van der Waals surface area (Å²) in [5.74, 6) is 0.464. The standard InChI is InChI=1S/C88H72N2/c1-55(2)75-53-81(89(65-33-17-11-18-34-65)85-57(5)49-63(50-58(85)6)87(61-29-13-9-14-30-61)77-41-25-21-37-67(77)68-38-22-26-42-78(68)87)73-48-46-72-76(56(3)4)54-82(74-47-45-71(75)83(73)84(72)74)90(66-35-19-12-20-36-66)86-59(7)51-64(52-60(86)8)88(62-31-15-10-16-32-62)79-43-27-23-39-69(79)70-40-24-28-44-80(70)88/h9-56H,1-8H3. The largest absolute Gasteiger partial charge is 0.309 e. The summed E-state index contributed by atoms with van der Waals surface area (Å²) >= 11 is 0. The number of aryl methyl sites for hydroxylation is 4. The average Bonchev–Trinajstić information content (AvgIpc) is 0.798. The molecule has 2 nitrogen and oxygen atoms in total. The van der Waals surface area contributed by atoms with Crippen molar-refractivity contribution >= 4 is 66.4 Å². The van der Waals surface area contributed by atoms with Crippen molar-refractivity contribution in [1.82, 2.24) is 0 Å². The van der Waals surface area contributed by atoms with Crippen LogP contribution in [0.25, 0.3) is 54.6 Å². The summed E-state index contributed by atoms with van der Waals surface area (Å²) in [6, 6.07) is 106. The summed E-state index contributed by atoms with van der Waals surface area (Å²) in [5.41, 5.74) is 29.1. The van der Waals surface area contributed by atoms with Crippen LogP contribution in [0.15, 0.2) is 279 Å². The lowest BCUT2D eigenvalue weighted by Gasteiger charge is -2.37. The van der Waals surface area contributed by atoms with E-state index in [1.165, 1.54) is 155 Å². The van der Waals surface area contributed by atoms with Gasteiger partial charge in [-0.15, -0.1) is 0 Å². The topological polar surface area (TPSA) is 6.48 Å². The Balaban J connectivity index is 0.938. The van der Waals surface area contributed by atoms with Gasteiger partial charge in [0.05, 0.1) is 33.6 Å². The summed E-state index contributed by atoms with van der Waals surface area (Å²) in [7, 11) is 0. The van der Waals surface area contributed by atoms with Crippen LogP contribution in [-0.4, -0.2) is 0 Å². The lowest BCUT2D eigenvalue weighted by Crippen LogP contribution is -2.29. The number of para-hydroxylation sites is 2. The molecule has 0 bridgehead atoms. The molecule has 0 unspecified atom stereocenters. The van der Waals surface area contributed by atoms with Gasteiger partial charge in [-0.3, -0.25) is 0 Å². The van der Waals surface area contributed by atoms with Crippen LogP contribution in [0.1, 0.15) is 117 Å². The maximum Gasteiger partial charge on any atom is 0.0713 e. The first-order chi connectivity index (χ1) is 44.0. The first kappa shape index (κ1) is 55.1. The molecule has 0 spiro atoms. The molecule has 2 aliphatic rings. The van der Waals surface area contributed by atoms with E-state index in [-0.39, 0.29) is 11.8 Å². The van der Waals surface area contributed by atoms with Crippen LogP contribution in [0, 0.1) is 27.7 Å². The van der Waals surface area contributed by atoms with E-state index in [1.54, 1.807) is 0 Å². The van der Waals surface area contributed by atoms with Gasteiger partial charge in [-0.05, 0) is 198 Å². The highest BCUT2D eigenvalue weighted by atomic mass is 15.2. The maximum absolute atomic E-state index is 2.59. The third kappa shape index (κ3) is 7.96. The second-order valence-corrected chi connectivity index (χ2v) is 26.0.